The van der Waals surface area contributed by atoms with E-state index in [1.807, 2.05) is 0 Å². The zero-order valence-electron chi connectivity index (χ0n) is 18.0. The molecule has 1 unspecified atom stereocenters. The molecule has 0 saturated carbocycles. The van der Waals surface area contributed by atoms with E-state index in [2.05, 4.69) is 10.0 Å². The Kier molecular flexibility index (Phi) is 6.54. The predicted molar refractivity (Wildman–Crippen MR) is 117 cm³/mol. The third-order valence-corrected chi connectivity index (χ3v) is 6.31. The van der Waals surface area contributed by atoms with Crippen LogP contribution in [0.25, 0.3) is 0 Å². The third kappa shape index (κ3) is 4.91. The maximum Gasteiger partial charge on any atom is 0.338 e. The molecular formula is C22H24FN3O5S. The maximum atomic E-state index is 13.1. The highest BCUT2D eigenvalue weighted by molar-refractivity contribution is 7.92. The fraction of sp³-hybridized carbons (Fsp3) is 0.273. The van der Waals surface area contributed by atoms with Gasteiger partial charge in [-0.25, -0.2) is 22.4 Å². The molecule has 0 aliphatic carbocycles. The molecule has 2 aromatic rings. The topological polar surface area (TPSA) is 105 Å². The molecule has 0 aromatic heterocycles. The second-order valence-electron chi connectivity index (χ2n) is 7.58. The van der Waals surface area contributed by atoms with Gasteiger partial charge in [0.2, 0.25) is 0 Å². The summed E-state index contributed by atoms with van der Waals surface area (Å²) in [5.41, 5.74) is 1.39. The second kappa shape index (κ2) is 8.99. The van der Waals surface area contributed by atoms with Crippen LogP contribution in [0.3, 0.4) is 0 Å². The van der Waals surface area contributed by atoms with E-state index < -0.39 is 33.9 Å². The van der Waals surface area contributed by atoms with Crippen LogP contribution >= 0.6 is 0 Å². The summed E-state index contributed by atoms with van der Waals surface area (Å²) in [6, 6.07) is 9.50. The molecule has 1 heterocycles. The molecule has 0 bridgehead atoms. The zero-order chi connectivity index (χ0) is 23.6. The van der Waals surface area contributed by atoms with Crippen molar-refractivity contribution in [3.63, 3.8) is 0 Å². The number of halogens is 1. The Morgan fingerprint density at radius 1 is 1.19 bits per heavy atom. The molecule has 8 nitrogen and oxygen atoms in total. The third-order valence-electron chi connectivity index (χ3n) is 4.91. The lowest BCUT2D eigenvalue weighted by Crippen LogP contribution is -2.46. The molecule has 2 N–H and O–H groups in total. The molecule has 1 aliphatic rings. The summed E-state index contributed by atoms with van der Waals surface area (Å²) in [6.45, 7) is 5.08. The monoisotopic (exact) mass is 461 g/mol. The van der Waals surface area contributed by atoms with E-state index in [0.717, 1.165) is 24.3 Å². The van der Waals surface area contributed by atoms with Crippen LogP contribution in [0.4, 0.5) is 14.9 Å². The van der Waals surface area contributed by atoms with Crippen LogP contribution in [0.15, 0.2) is 64.7 Å². The summed E-state index contributed by atoms with van der Waals surface area (Å²) in [5.74, 6) is -1.13. The molecule has 1 aliphatic heterocycles. The van der Waals surface area contributed by atoms with Crippen LogP contribution in [0, 0.1) is 5.82 Å². The van der Waals surface area contributed by atoms with Gasteiger partial charge in [0, 0.05) is 18.4 Å². The van der Waals surface area contributed by atoms with Gasteiger partial charge in [-0.15, -0.1) is 0 Å². The number of hydrogen-bond donors (Lipinski definition) is 2. The molecule has 3 rings (SSSR count). The lowest BCUT2D eigenvalue weighted by atomic mass is 9.94. The average Bonchev–Trinajstić information content (AvgIpc) is 2.71. The Balaban J connectivity index is 1.97. The van der Waals surface area contributed by atoms with Gasteiger partial charge in [0.25, 0.3) is 10.0 Å². The summed E-state index contributed by atoms with van der Waals surface area (Å²) in [5, 5.41) is 2.75. The van der Waals surface area contributed by atoms with Crippen molar-refractivity contribution in [2.45, 2.75) is 37.8 Å². The Morgan fingerprint density at radius 2 is 1.84 bits per heavy atom. The van der Waals surface area contributed by atoms with Gasteiger partial charge in [-0.1, -0.05) is 12.1 Å². The fourth-order valence-electron chi connectivity index (χ4n) is 3.24. The molecule has 0 fully saturated rings. The number of sulfonamides is 1. The van der Waals surface area contributed by atoms with Crippen molar-refractivity contribution >= 4 is 27.7 Å². The summed E-state index contributed by atoms with van der Waals surface area (Å²) in [7, 11) is -2.43. The first-order valence-electron chi connectivity index (χ1n) is 9.84. The highest BCUT2D eigenvalue weighted by Gasteiger charge is 2.35. The van der Waals surface area contributed by atoms with Gasteiger partial charge in [-0.3, -0.25) is 4.72 Å². The van der Waals surface area contributed by atoms with Crippen molar-refractivity contribution in [1.29, 1.82) is 0 Å². The van der Waals surface area contributed by atoms with Gasteiger partial charge in [0.05, 0.1) is 22.6 Å². The number of rotatable bonds is 6. The molecule has 1 atom stereocenters. The van der Waals surface area contributed by atoms with Crippen molar-refractivity contribution < 1.29 is 27.1 Å². The number of hydrogen-bond acceptors (Lipinski definition) is 5. The van der Waals surface area contributed by atoms with Crippen LogP contribution in [0.1, 0.15) is 32.4 Å². The number of nitrogens with one attached hydrogen (secondary N) is 2. The minimum absolute atomic E-state index is 0.103. The Morgan fingerprint density at radius 3 is 2.47 bits per heavy atom. The zero-order valence-corrected chi connectivity index (χ0v) is 18.9. The standard InChI is InChI=1S/C22H24FN3O5S/c1-13(2)31-21(27)19-14(3)26(4)22(28)24-20(19)15-6-5-7-17(12-15)25-32(29,30)18-10-8-16(23)9-11-18/h5-13,20,25H,1-4H3,(H,24,28). The largest absolute Gasteiger partial charge is 0.459 e. The fourth-order valence-corrected chi connectivity index (χ4v) is 4.29. The van der Waals surface area contributed by atoms with Crippen molar-refractivity contribution in [2.24, 2.45) is 0 Å². The summed E-state index contributed by atoms with van der Waals surface area (Å²) >= 11 is 0. The summed E-state index contributed by atoms with van der Waals surface area (Å²) in [6.07, 6.45) is -0.361. The number of allylic oxidation sites excluding steroid dienone is 1. The predicted octanol–water partition coefficient (Wildman–Crippen LogP) is 3.55. The van der Waals surface area contributed by atoms with Crippen LogP contribution in [0.5, 0.6) is 0 Å². The molecule has 0 spiro atoms. The van der Waals surface area contributed by atoms with Crippen molar-refractivity contribution in [2.75, 3.05) is 11.8 Å². The number of carbonyl (C=O) groups is 2. The molecule has 0 radical (unpaired) electrons. The van der Waals surface area contributed by atoms with Crippen molar-refractivity contribution in [3.8, 4) is 0 Å². The highest BCUT2D eigenvalue weighted by Crippen LogP contribution is 2.32. The first kappa shape index (κ1) is 23.3. The quantitative estimate of drug-likeness (QED) is 0.640. The number of amides is 2. The van der Waals surface area contributed by atoms with Crippen LogP contribution < -0.4 is 10.0 Å². The van der Waals surface area contributed by atoms with Crippen molar-refractivity contribution in [3.05, 3.63) is 71.2 Å². The number of carbonyl (C=O) groups excluding carboxylic acids is 2. The number of nitrogens with zero attached hydrogens (tertiary/aromatic N) is 1. The lowest BCUT2D eigenvalue weighted by Gasteiger charge is -2.33. The number of urea groups is 1. The van der Waals surface area contributed by atoms with E-state index in [9.17, 15) is 22.4 Å². The van der Waals surface area contributed by atoms with E-state index in [0.29, 0.717) is 11.3 Å². The minimum Gasteiger partial charge on any atom is -0.459 e. The van der Waals surface area contributed by atoms with E-state index in [-0.39, 0.29) is 22.3 Å². The van der Waals surface area contributed by atoms with Gasteiger partial charge in [-0.2, -0.15) is 0 Å². The van der Waals surface area contributed by atoms with Crippen LogP contribution in [-0.4, -0.2) is 38.5 Å². The Hall–Kier alpha value is -3.40. The lowest BCUT2D eigenvalue weighted by molar-refractivity contribution is -0.143. The normalized spacial score (nSPS) is 16.8. The first-order valence-corrected chi connectivity index (χ1v) is 11.3. The van der Waals surface area contributed by atoms with Gasteiger partial charge in [0.15, 0.2) is 0 Å². The Labute approximate surface area is 186 Å². The number of esters is 1. The van der Waals surface area contributed by atoms with Crippen LogP contribution in [0.2, 0.25) is 0 Å². The molecule has 10 heteroatoms. The average molecular weight is 462 g/mol. The SMILES string of the molecule is CC1=C(C(=O)OC(C)C)C(c2cccc(NS(=O)(=O)c3ccc(F)cc3)c2)NC(=O)N1C. The van der Waals surface area contributed by atoms with Gasteiger partial charge < -0.3 is 15.0 Å². The highest BCUT2D eigenvalue weighted by atomic mass is 32.2. The van der Waals surface area contributed by atoms with E-state index in [1.165, 1.54) is 24.1 Å². The first-order chi connectivity index (χ1) is 15.0. The van der Waals surface area contributed by atoms with Gasteiger partial charge >= 0.3 is 12.0 Å². The number of anilines is 1. The van der Waals surface area contributed by atoms with Crippen LogP contribution in [-0.2, 0) is 19.6 Å². The molecule has 2 amide bonds. The summed E-state index contributed by atoms with van der Waals surface area (Å²) < 4.78 is 46.2. The minimum atomic E-state index is -3.97. The van der Waals surface area contributed by atoms with Gasteiger partial charge in [-0.05, 0) is 62.7 Å². The molecule has 0 saturated heterocycles. The summed E-state index contributed by atoms with van der Waals surface area (Å²) in [4.78, 5) is 26.4. The number of benzene rings is 2. The number of ether oxygens (including phenoxy) is 1. The Bertz CT molecular complexity index is 1180. The maximum absolute atomic E-state index is 13.1. The second-order valence-corrected chi connectivity index (χ2v) is 9.26. The van der Waals surface area contributed by atoms with E-state index >= 15 is 0 Å². The van der Waals surface area contributed by atoms with Gasteiger partial charge in [0.1, 0.15) is 5.82 Å². The molecular weight excluding hydrogens is 437 g/mol. The van der Waals surface area contributed by atoms with E-state index in [1.54, 1.807) is 32.9 Å². The molecule has 170 valence electrons. The molecule has 32 heavy (non-hydrogen) atoms. The van der Waals surface area contributed by atoms with E-state index in [4.69, 9.17) is 4.74 Å². The van der Waals surface area contributed by atoms with Crippen molar-refractivity contribution in [1.82, 2.24) is 10.2 Å². The molecule has 2 aromatic carbocycles. The smallest absolute Gasteiger partial charge is 0.338 e.